The zero-order chi connectivity index (χ0) is 21.9. The number of urea groups is 1. The monoisotopic (exact) mass is 422 g/mol. The number of anilines is 1. The Bertz CT molecular complexity index is 940. The maximum atomic E-state index is 12.8. The van der Waals surface area contributed by atoms with Crippen molar-refractivity contribution in [3.63, 3.8) is 0 Å². The molecule has 2 amide bonds. The van der Waals surface area contributed by atoms with Crippen LogP contribution in [0.3, 0.4) is 0 Å². The number of carbonyl (C=O) groups excluding carboxylic acids is 2. The molecule has 0 saturated carbocycles. The molecule has 1 N–H and O–H groups in total. The number of benzene rings is 2. The van der Waals surface area contributed by atoms with E-state index in [2.05, 4.69) is 5.32 Å². The van der Waals surface area contributed by atoms with E-state index in [4.69, 9.17) is 13.9 Å². The molecule has 0 radical (unpaired) electrons. The van der Waals surface area contributed by atoms with Crippen molar-refractivity contribution < 1.29 is 23.5 Å². The van der Waals surface area contributed by atoms with Crippen molar-refractivity contribution in [3.05, 3.63) is 84.3 Å². The molecule has 1 heterocycles. The first-order valence-electron chi connectivity index (χ1n) is 10.1. The molecule has 162 valence electrons. The minimum Gasteiger partial charge on any atom is -0.489 e. The topological polar surface area (TPSA) is 81.0 Å². The van der Waals surface area contributed by atoms with Crippen LogP contribution in [0.25, 0.3) is 0 Å². The van der Waals surface area contributed by atoms with E-state index in [1.165, 1.54) is 4.90 Å². The molecule has 3 rings (SSSR count). The summed E-state index contributed by atoms with van der Waals surface area (Å²) in [6.07, 6.45) is 1.65. The third-order valence-electron chi connectivity index (χ3n) is 4.46. The smallest absolute Gasteiger partial charge is 0.322 e. The van der Waals surface area contributed by atoms with E-state index in [0.717, 1.165) is 5.56 Å². The zero-order valence-electron chi connectivity index (χ0n) is 17.5. The molecule has 0 atom stereocenters. The summed E-state index contributed by atoms with van der Waals surface area (Å²) >= 11 is 0. The van der Waals surface area contributed by atoms with Gasteiger partial charge in [-0.05, 0) is 48.9 Å². The molecule has 3 aromatic rings. The van der Waals surface area contributed by atoms with E-state index in [0.29, 0.717) is 30.4 Å². The van der Waals surface area contributed by atoms with Gasteiger partial charge in [-0.2, -0.15) is 0 Å². The van der Waals surface area contributed by atoms with Crippen molar-refractivity contribution in [2.75, 3.05) is 18.5 Å². The molecular weight excluding hydrogens is 396 g/mol. The first-order chi connectivity index (χ1) is 15.1. The predicted octanol–water partition coefficient (Wildman–Crippen LogP) is 4.85. The molecule has 0 aliphatic heterocycles. The second kappa shape index (κ2) is 11.4. The molecule has 0 fully saturated rings. The summed E-state index contributed by atoms with van der Waals surface area (Å²) in [6.45, 7) is 2.98. The van der Waals surface area contributed by atoms with Crippen LogP contribution < -0.4 is 10.1 Å². The average molecular weight is 422 g/mol. The van der Waals surface area contributed by atoms with Crippen molar-refractivity contribution in [2.24, 2.45) is 0 Å². The standard InChI is InChI=1S/C24H26N2O5/c1-2-29-23(27)14-15-26(17-22-9-6-16-30-22)24(28)25-20-10-12-21(13-11-20)31-18-19-7-4-3-5-8-19/h3-13,16H,2,14-15,17-18H2,1H3,(H,25,28). The first-order valence-corrected chi connectivity index (χ1v) is 10.1. The maximum absolute atomic E-state index is 12.8. The largest absolute Gasteiger partial charge is 0.489 e. The van der Waals surface area contributed by atoms with Crippen LogP contribution in [0.1, 0.15) is 24.7 Å². The highest BCUT2D eigenvalue weighted by Crippen LogP contribution is 2.18. The molecule has 1 aromatic heterocycles. The van der Waals surface area contributed by atoms with Gasteiger partial charge < -0.3 is 24.1 Å². The van der Waals surface area contributed by atoms with E-state index in [1.807, 2.05) is 30.3 Å². The van der Waals surface area contributed by atoms with Crippen molar-refractivity contribution in [3.8, 4) is 5.75 Å². The number of carbonyl (C=O) groups is 2. The Hall–Kier alpha value is -3.74. The number of furan rings is 1. The molecule has 0 aliphatic carbocycles. The molecule has 7 heteroatoms. The van der Waals surface area contributed by atoms with E-state index in [9.17, 15) is 9.59 Å². The lowest BCUT2D eigenvalue weighted by Crippen LogP contribution is -2.36. The third-order valence-corrected chi connectivity index (χ3v) is 4.46. The number of hydrogen-bond acceptors (Lipinski definition) is 5. The van der Waals surface area contributed by atoms with Crippen LogP contribution >= 0.6 is 0 Å². The van der Waals surface area contributed by atoms with Crippen molar-refractivity contribution in [1.29, 1.82) is 0 Å². The van der Waals surface area contributed by atoms with Gasteiger partial charge >= 0.3 is 12.0 Å². The second-order valence-corrected chi connectivity index (χ2v) is 6.78. The van der Waals surface area contributed by atoms with Crippen molar-refractivity contribution in [1.82, 2.24) is 4.90 Å². The molecule has 31 heavy (non-hydrogen) atoms. The molecule has 2 aromatic carbocycles. The molecule has 7 nitrogen and oxygen atoms in total. The second-order valence-electron chi connectivity index (χ2n) is 6.78. The van der Waals surface area contributed by atoms with E-state index < -0.39 is 0 Å². The Morgan fingerprint density at radius 3 is 2.45 bits per heavy atom. The lowest BCUT2D eigenvalue weighted by molar-refractivity contribution is -0.143. The highest BCUT2D eigenvalue weighted by Gasteiger charge is 2.17. The van der Waals surface area contributed by atoms with Gasteiger partial charge in [0, 0.05) is 12.2 Å². The number of nitrogens with zero attached hydrogens (tertiary/aromatic N) is 1. The van der Waals surface area contributed by atoms with Gasteiger partial charge in [-0.15, -0.1) is 0 Å². The van der Waals surface area contributed by atoms with Crippen LogP contribution in [0, 0.1) is 0 Å². The van der Waals surface area contributed by atoms with Gasteiger partial charge in [0.25, 0.3) is 0 Å². The van der Waals surface area contributed by atoms with Crippen LogP contribution in [-0.4, -0.2) is 30.1 Å². The van der Waals surface area contributed by atoms with Gasteiger partial charge in [-0.3, -0.25) is 4.79 Å². The molecule has 0 bridgehead atoms. The number of amides is 2. The summed E-state index contributed by atoms with van der Waals surface area (Å²) in [6, 6.07) is 20.2. The molecule has 0 saturated heterocycles. The zero-order valence-corrected chi connectivity index (χ0v) is 17.5. The summed E-state index contributed by atoms with van der Waals surface area (Å²) in [5, 5.41) is 2.85. The van der Waals surface area contributed by atoms with E-state index in [-0.39, 0.29) is 31.5 Å². The molecular formula is C24H26N2O5. The van der Waals surface area contributed by atoms with Gasteiger partial charge in [0.05, 0.1) is 25.8 Å². The quantitative estimate of drug-likeness (QED) is 0.473. The third kappa shape index (κ3) is 7.22. The minimum absolute atomic E-state index is 0.105. The van der Waals surface area contributed by atoms with Crippen molar-refractivity contribution >= 4 is 17.7 Å². The number of esters is 1. The summed E-state index contributed by atoms with van der Waals surface area (Å²) < 4.78 is 16.1. The lowest BCUT2D eigenvalue weighted by Gasteiger charge is -2.22. The van der Waals surface area contributed by atoms with E-state index >= 15 is 0 Å². The Labute approximate surface area is 181 Å². The minimum atomic E-state index is -0.348. The molecule has 0 unspecified atom stereocenters. The highest BCUT2D eigenvalue weighted by atomic mass is 16.5. The van der Waals surface area contributed by atoms with Crippen molar-refractivity contribution in [2.45, 2.75) is 26.5 Å². The summed E-state index contributed by atoms with van der Waals surface area (Å²) in [7, 11) is 0. The van der Waals surface area contributed by atoms with Gasteiger partial charge in [-0.1, -0.05) is 30.3 Å². The molecule has 0 spiro atoms. The summed E-state index contributed by atoms with van der Waals surface area (Å²) in [5.41, 5.74) is 1.70. The van der Waals surface area contributed by atoms with Gasteiger partial charge in [-0.25, -0.2) is 4.79 Å². The average Bonchev–Trinajstić information content (AvgIpc) is 3.30. The summed E-state index contributed by atoms with van der Waals surface area (Å²) in [4.78, 5) is 26.0. The van der Waals surface area contributed by atoms with Gasteiger partial charge in [0.1, 0.15) is 18.1 Å². The van der Waals surface area contributed by atoms with Crippen LogP contribution in [0.2, 0.25) is 0 Å². The maximum Gasteiger partial charge on any atom is 0.322 e. The Morgan fingerprint density at radius 1 is 1.00 bits per heavy atom. The fourth-order valence-corrected chi connectivity index (χ4v) is 2.88. The predicted molar refractivity (Wildman–Crippen MR) is 117 cm³/mol. The van der Waals surface area contributed by atoms with Crippen LogP contribution in [0.15, 0.2) is 77.4 Å². The van der Waals surface area contributed by atoms with Gasteiger partial charge in [0.2, 0.25) is 0 Å². The summed E-state index contributed by atoms with van der Waals surface area (Å²) in [5.74, 6) is 0.986. The fraction of sp³-hybridized carbons (Fsp3) is 0.250. The van der Waals surface area contributed by atoms with Gasteiger partial charge in [0.15, 0.2) is 0 Å². The van der Waals surface area contributed by atoms with Crippen LogP contribution in [0.5, 0.6) is 5.75 Å². The lowest BCUT2D eigenvalue weighted by atomic mass is 10.2. The normalized spacial score (nSPS) is 10.4. The van der Waals surface area contributed by atoms with Crippen LogP contribution in [-0.2, 0) is 22.7 Å². The number of hydrogen-bond donors (Lipinski definition) is 1. The van der Waals surface area contributed by atoms with E-state index in [1.54, 1.807) is 49.6 Å². The number of ether oxygens (including phenoxy) is 2. The number of rotatable bonds is 10. The molecule has 0 aliphatic rings. The Kier molecular flexibility index (Phi) is 8.11. The highest BCUT2D eigenvalue weighted by molar-refractivity contribution is 5.89. The Balaban J connectivity index is 1.57. The first kappa shape index (κ1) is 22.0. The number of nitrogens with one attached hydrogen (secondary N) is 1. The van der Waals surface area contributed by atoms with Crippen LogP contribution in [0.4, 0.5) is 10.5 Å². The fourth-order valence-electron chi connectivity index (χ4n) is 2.88. The Morgan fingerprint density at radius 2 is 1.77 bits per heavy atom. The SMILES string of the molecule is CCOC(=O)CCN(Cc1ccco1)C(=O)Nc1ccc(OCc2ccccc2)cc1.